The summed E-state index contributed by atoms with van der Waals surface area (Å²) in [7, 11) is 0. The van der Waals surface area contributed by atoms with Crippen LogP contribution in [0.1, 0.15) is 43.5 Å². The van der Waals surface area contributed by atoms with Crippen LogP contribution in [-0.4, -0.2) is 43.7 Å². The van der Waals surface area contributed by atoms with Crippen LogP contribution in [0.4, 0.5) is 29.2 Å². The molecule has 39 heavy (non-hydrogen) atoms. The summed E-state index contributed by atoms with van der Waals surface area (Å²) in [5.41, 5.74) is 2.14. The van der Waals surface area contributed by atoms with Gasteiger partial charge in [-0.3, -0.25) is 14.2 Å². The summed E-state index contributed by atoms with van der Waals surface area (Å²) in [6.45, 7) is 2.73. The molecule has 1 aliphatic carbocycles. The van der Waals surface area contributed by atoms with Gasteiger partial charge < -0.3 is 10.6 Å². The Kier molecular flexibility index (Phi) is 5.79. The third-order valence-corrected chi connectivity index (χ3v) is 7.59. The fourth-order valence-corrected chi connectivity index (χ4v) is 5.25. The number of hydrogen-bond donors (Lipinski definition) is 2. The first-order valence-corrected chi connectivity index (χ1v) is 12.7. The van der Waals surface area contributed by atoms with Crippen molar-refractivity contribution in [1.82, 2.24) is 29.6 Å². The third kappa shape index (κ3) is 4.56. The number of nitrogens with zero attached hydrogens (tertiary/aromatic N) is 5. The second-order valence-electron chi connectivity index (χ2n) is 11.0. The highest BCUT2D eigenvalue weighted by molar-refractivity contribution is 5.77. The highest BCUT2D eigenvalue weighted by atomic mass is 19.4. The highest BCUT2D eigenvalue weighted by Crippen LogP contribution is 2.50. The Morgan fingerprint density at radius 3 is 2.64 bits per heavy atom. The van der Waals surface area contributed by atoms with E-state index < -0.39 is 30.4 Å². The first-order chi connectivity index (χ1) is 18.5. The van der Waals surface area contributed by atoms with Gasteiger partial charge in [0.1, 0.15) is 18.6 Å². The van der Waals surface area contributed by atoms with Crippen molar-refractivity contribution < 1.29 is 17.6 Å². The molecule has 0 bridgehead atoms. The summed E-state index contributed by atoms with van der Waals surface area (Å²) in [6, 6.07) is 9.00. The van der Waals surface area contributed by atoms with Gasteiger partial charge in [-0.25, -0.2) is 14.3 Å². The number of nitrogens with one attached hydrogen (secondary N) is 2. The van der Waals surface area contributed by atoms with Crippen LogP contribution in [0.2, 0.25) is 0 Å². The molecule has 8 nitrogen and oxygen atoms in total. The molecule has 2 aliphatic rings. The smallest absolute Gasteiger partial charge is 0.324 e. The molecule has 4 heterocycles. The largest absolute Gasteiger partial charge is 0.408 e. The van der Waals surface area contributed by atoms with E-state index >= 15 is 0 Å². The van der Waals surface area contributed by atoms with Crippen molar-refractivity contribution >= 4 is 22.7 Å². The Labute approximate surface area is 221 Å². The monoisotopic (exact) mass is 541 g/mol. The van der Waals surface area contributed by atoms with E-state index in [4.69, 9.17) is 0 Å². The number of hydrogen-bond acceptors (Lipinski definition) is 6. The van der Waals surface area contributed by atoms with Crippen LogP contribution in [0, 0.1) is 0 Å². The van der Waals surface area contributed by atoms with E-state index in [1.165, 1.54) is 35.7 Å². The average molecular weight is 542 g/mol. The first kappa shape index (κ1) is 25.5. The fraction of sp³-hybridized carbons (Fsp3) is 0.407. The van der Waals surface area contributed by atoms with Crippen LogP contribution < -0.4 is 16.2 Å². The summed E-state index contributed by atoms with van der Waals surface area (Å²) < 4.78 is 56.0. The molecule has 12 heteroatoms. The van der Waals surface area contributed by atoms with Crippen molar-refractivity contribution in [3.05, 3.63) is 69.9 Å². The lowest BCUT2D eigenvalue weighted by atomic mass is 9.88. The molecule has 4 aromatic rings. The zero-order valence-corrected chi connectivity index (χ0v) is 21.4. The standard InChI is InChI=1S/C27H27F4N7O/c1-25(2,13-28)21-10-18(5-8-33-21)38-22-19(23(39)37(38)15-27(29,30)31)12-34-24(36-22)35-17-3-4-20-16(9-17)11-32-14-26(20)6-7-26/h3-5,8-10,12,32H,6-7,11,13-15H2,1-2H3,(H,34,35,36). The molecule has 2 N–H and O–H groups in total. The highest BCUT2D eigenvalue weighted by Gasteiger charge is 2.46. The minimum atomic E-state index is -4.67. The zero-order valence-electron chi connectivity index (χ0n) is 21.4. The maximum Gasteiger partial charge on any atom is 0.408 e. The lowest BCUT2D eigenvalue weighted by molar-refractivity contribution is -0.144. The van der Waals surface area contributed by atoms with Crippen LogP contribution in [0.15, 0.2) is 47.5 Å². The molecule has 1 fully saturated rings. The number of benzene rings is 1. The molecule has 0 amide bonds. The maximum absolute atomic E-state index is 13.7. The molecular formula is C27H27F4N7O. The molecular weight excluding hydrogens is 514 g/mol. The number of rotatable bonds is 6. The normalized spacial score (nSPS) is 16.5. The SMILES string of the molecule is CC(C)(CF)c1cc(-n2c3nc(Nc4ccc5c(c4)CNCC54CC4)ncc3c(=O)n2CC(F)(F)F)ccn1. The maximum atomic E-state index is 13.7. The van der Waals surface area contributed by atoms with Gasteiger partial charge in [0, 0.05) is 42.0 Å². The molecule has 1 saturated carbocycles. The quantitative estimate of drug-likeness (QED) is 0.345. The summed E-state index contributed by atoms with van der Waals surface area (Å²) in [5.74, 6) is 0.128. The van der Waals surface area contributed by atoms with Crippen molar-refractivity contribution in [2.45, 2.75) is 56.8 Å². The molecule has 0 saturated heterocycles. The van der Waals surface area contributed by atoms with Crippen LogP contribution >= 0.6 is 0 Å². The van der Waals surface area contributed by atoms with Crippen LogP contribution in [-0.2, 0) is 23.9 Å². The Morgan fingerprint density at radius 1 is 1.13 bits per heavy atom. The Hall–Kier alpha value is -3.80. The van der Waals surface area contributed by atoms with E-state index in [9.17, 15) is 22.4 Å². The van der Waals surface area contributed by atoms with Gasteiger partial charge in [0.2, 0.25) is 5.95 Å². The Bertz CT molecular complexity index is 1640. The van der Waals surface area contributed by atoms with Gasteiger partial charge >= 0.3 is 6.18 Å². The number of alkyl halides is 4. The van der Waals surface area contributed by atoms with Crippen molar-refractivity contribution in [2.24, 2.45) is 0 Å². The summed E-state index contributed by atoms with van der Waals surface area (Å²) >= 11 is 0. The zero-order chi connectivity index (χ0) is 27.6. The molecule has 1 aromatic carbocycles. The molecule has 204 valence electrons. The number of fused-ring (bicyclic) bond motifs is 3. The van der Waals surface area contributed by atoms with Crippen LogP contribution in [0.3, 0.4) is 0 Å². The van der Waals surface area contributed by atoms with E-state index in [2.05, 4.69) is 31.7 Å². The van der Waals surface area contributed by atoms with E-state index in [0.29, 0.717) is 10.4 Å². The number of anilines is 2. The lowest BCUT2D eigenvalue weighted by Crippen LogP contribution is -2.33. The Balaban J connectivity index is 1.45. The van der Waals surface area contributed by atoms with Crippen LogP contribution in [0.5, 0.6) is 0 Å². The Morgan fingerprint density at radius 2 is 1.92 bits per heavy atom. The van der Waals surface area contributed by atoms with Gasteiger partial charge in [-0.1, -0.05) is 19.9 Å². The summed E-state index contributed by atoms with van der Waals surface area (Å²) in [6.07, 6.45) is 0.249. The molecule has 1 aliphatic heterocycles. The van der Waals surface area contributed by atoms with Gasteiger partial charge in [-0.2, -0.15) is 18.2 Å². The average Bonchev–Trinajstić information content (AvgIpc) is 3.62. The second kappa shape index (κ2) is 8.87. The predicted octanol–water partition coefficient (Wildman–Crippen LogP) is 4.67. The third-order valence-electron chi connectivity index (χ3n) is 7.59. The van der Waals surface area contributed by atoms with Crippen molar-refractivity contribution in [1.29, 1.82) is 0 Å². The van der Waals surface area contributed by atoms with E-state index in [1.807, 2.05) is 12.1 Å². The topological polar surface area (TPSA) is 89.7 Å². The summed E-state index contributed by atoms with van der Waals surface area (Å²) in [4.78, 5) is 26.0. The molecule has 0 unspecified atom stereocenters. The minimum absolute atomic E-state index is 0.00601. The molecule has 0 atom stereocenters. The second-order valence-corrected chi connectivity index (χ2v) is 11.0. The minimum Gasteiger partial charge on any atom is -0.324 e. The van der Waals surface area contributed by atoms with Gasteiger partial charge in [0.15, 0.2) is 5.65 Å². The predicted molar refractivity (Wildman–Crippen MR) is 138 cm³/mol. The number of aromatic nitrogens is 5. The van der Waals surface area contributed by atoms with Gasteiger partial charge in [-0.15, -0.1) is 0 Å². The van der Waals surface area contributed by atoms with E-state index in [0.717, 1.165) is 36.3 Å². The van der Waals surface area contributed by atoms with Gasteiger partial charge in [0.25, 0.3) is 5.56 Å². The van der Waals surface area contributed by atoms with Gasteiger partial charge in [-0.05, 0) is 48.2 Å². The van der Waals surface area contributed by atoms with Crippen molar-refractivity contribution in [3.8, 4) is 5.69 Å². The number of pyridine rings is 1. The van der Waals surface area contributed by atoms with Crippen molar-refractivity contribution in [2.75, 3.05) is 18.5 Å². The summed E-state index contributed by atoms with van der Waals surface area (Å²) in [5, 5.41) is 6.53. The van der Waals surface area contributed by atoms with Crippen molar-refractivity contribution in [3.63, 3.8) is 0 Å². The first-order valence-electron chi connectivity index (χ1n) is 12.7. The lowest BCUT2D eigenvalue weighted by Gasteiger charge is -2.26. The number of halogens is 4. The molecule has 1 spiro atoms. The molecule has 6 rings (SSSR count). The molecule has 3 aromatic heterocycles. The van der Waals surface area contributed by atoms with E-state index in [1.54, 1.807) is 13.8 Å². The van der Waals surface area contributed by atoms with Gasteiger partial charge in [0.05, 0.1) is 11.4 Å². The van der Waals surface area contributed by atoms with E-state index in [-0.39, 0.29) is 28.1 Å². The fourth-order valence-electron chi connectivity index (χ4n) is 5.25. The molecule has 0 radical (unpaired) electrons. The van der Waals surface area contributed by atoms with Crippen LogP contribution in [0.25, 0.3) is 16.7 Å².